The van der Waals surface area contributed by atoms with E-state index < -0.39 is 16.1 Å². The van der Waals surface area contributed by atoms with Gasteiger partial charge in [-0.25, -0.2) is 8.42 Å². The van der Waals surface area contributed by atoms with Crippen LogP contribution in [0.15, 0.2) is 48.5 Å². The molecule has 8 nitrogen and oxygen atoms in total. The lowest BCUT2D eigenvalue weighted by Gasteiger charge is -2.29. The average molecular weight is 490 g/mol. The highest BCUT2D eigenvalue weighted by atomic mass is 32.2. The standard InChI is InChI=1S/C25H35N3O5S/c1-6-33-23-14-12-22(13-15-23)28(34(5,31)32)16-8-11-24(29)27(20(3)25(30)26-4)18-21-10-7-9-19(2)17-21/h7,9-10,12-15,17,20H,6,8,11,16,18H2,1-5H3,(H,26,30). The quantitative estimate of drug-likeness (QED) is 0.494. The summed E-state index contributed by atoms with van der Waals surface area (Å²) in [6.07, 6.45) is 1.56. The summed E-state index contributed by atoms with van der Waals surface area (Å²) in [6, 6.07) is 13.9. The van der Waals surface area contributed by atoms with Crippen LogP contribution in [0.4, 0.5) is 5.69 Å². The van der Waals surface area contributed by atoms with Gasteiger partial charge in [0.1, 0.15) is 11.8 Å². The lowest BCUT2D eigenvalue weighted by atomic mass is 10.1. The molecule has 0 heterocycles. The maximum Gasteiger partial charge on any atom is 0.242 e. The van der Waals surface area contributed by atoms with Gasteiger partial charge in [0.15, 0.2) is 0 Å². The van der Waals surface area contributed by atoms with E-state index in [2.05, 4.69) is 5.32 Å². The van der Waals surface area contributed by atoms with Gasteiger partial charge in [-0.15, -0.1) is 0 Å². The highest BCUT2D eigenvalue weighted by molar-refractivity contribution is 7.92. The number of amides is 2. The zero-order chi connectivity index (χ0) is 25.3. The SMILES string of the molecule is CCOc1ccc(N(CCCC(=O)N(Cc2cccc(C)c2)C(C)C(=O)NC)S(C)(=O)=O)cc1. The van der Waals surface area contributed by atoms with E-state index in [1.165, 1.54) is 16.3 Å². The minimum absolute atomic E-state index is 0.107. The van der Waals surface area contributed by atoms with Gasteiger partial charge in [0.05, 0.1) is 18.6 Å². The Hall–Kier alpha value is -3.07. The molecule has 1 atom stereocenters. The Kier molecular flexibility index (Phi) is 9.92. The number of hydrogen-bond acceptors (Lipinski definition) is 5. The number of rotatable bonds is 12. The van der Waals surface area contributed by atoms with Crippen molar-refractivity contribution in [2.24, 2.45) is 0 Å². The third kappa shape index (κ3) is 7.76. The zero-order valence-electron chi connectivity index (χ0n) is 20.6. The number of nitrogens with one attached hydrogen (secondary N) is 1. The van der Waals surface area contributed by atoms with Crippen LogP contribution in [-0.4, -0.2) is 57.6 Å². The molecular formula is C25H35N3O5S. The van der Waals surface area contributed by atoms with E-state index in [0.717, 1.165) is 17.4 Å². The van der Waals surface area contributed by atoms with Crippen molar-refractivity contribution in [2.45, 2.75) is 46.2 Å². The van der Waals surface area contributed by atoms with Crippen molar-refractivity contribution in [3.8, 4) is 5.75 Å². The summed E-state index contributed by atoms with van der Waals surface area (Å²) in [5.74, 6) is 0.191. The summed E-state index contributed by atoms with van der Waals surface area (Å²) in [4.78, 5) is 27.0. The molecule has 0 radical (unpaired) electrons. The molecule has 0 spiro atoms. The Morgan fingerprint density at radius 3 is 2.35 bits per heavy atom. The number of carbonyl (C=O) groups is 2. The monoisotopic (exact) mass is 489 g/mol. The molecule has 1 N–H and O–H groups in total. The van der Waals surface area contributed by atoms with Gasteiger partial charge in [-0.3, -0.25) is 13.9 Å². The number of likely N-dealkylation sites (N-methyl/N-ethyl adjacent to an activating group) is 1. The predicted octanol–water partition coefficient (Wildman–Crippen LogP) is 3.10. The number of aryl methyl sites for hydroxylation is 1. The first-order chi connectivity index (χ1) is 16.1. The Morgan fingerprint density at radius 2 is 1.79 bits per heavy atom. The van der Waals surface area contributed by atoms with Crippen molar-refractivity contribution in [2.75, 3.05) is 30.8 Å². The van der Waals surface area contributed by atoms with Gasteiger partial charge >= 0.3 is 0 Å². The van der Waals surface area contributed by atoms with Crippen LogP contribution < -0.4 is 14.4 Å². The molecule has 9 heteroatoms. The highest BCUT2D eigenvalue weighted by Crippen LogP contribution is 2.22. The van der Waals surface area contributed by atoms with Gasteiger partial charge in [-0.05, 0) is 57.0 Å². The normalized spacial score (nSPS) is 12.0. The average Bonchev–Trinajstić information content (AvgIpc) is 2.79. The number of carbonyl (C=O) groups excluding carboxylic acids is 2. The first-order valence-corrected chi connectivity index (χ1v) is 13.2. The molecule has 0 aromatic heterocycles. The lowest BCUT2D eigenvalue weighted by molar-refractivity contribution is -0.140. The fraction of sp³-hybridized carbons (Fsp3) is 0.440. The summed E-state index contributed by atoms with van der Waals surface area (Å²) in [5.41, 5.74) is 2.50. The van der Waals surface area contributed by atoms with E-state index in [0.29, 0.717) is 31.0 Å². The minimum atomic E-state index is -3.54. The maximum atomic E-state index is 13.1. The van der Waals surface area contributed by atoms with Crippen molar-refractivity contribution >= 4 is 27.5 Å². The molecule has 2 amide bonds. The molecule has 0 aliphatic heterocycles. The molecule has 2 rings (SSSR count). The Morgan fingerprint density at radius 1 is 1.12 bits per heavy atom. The molecule has 34 heavy (non-hydrogen) atoms. The van der Waals surface area contributed by atoms with Crippen LogP contribution in [0.1, 0.15) is 37.8 Å². The van der Waals surface area contributed by atoms with E-state index in [4.69, 9.17) is 4.74 Å². The minimum Gasteiger partial charge on any atom is -0.494 e. The van der Waals surface area contributed by atoms with Crippen LogP contribution in [-0.2, 0) is 26.2 Å². The van der Waals surface area contributed by atoms with Crippen LogP contribution in [0, 0.1) is 6.92 Å². The molecule has 0 saturated carbocycles. The maximum absolute atomic E-state index is 13.1. The van der Waals surface area contributed by atoms with E-state index in [-0.39, 0.29) is 24.8 Å². The fourth-order valence-electron chi connectivity index (χ4n) is 3.68. The Bertz CT molecular complexity index is 1070. The summed E-state index contributed by atoms with van der Waals surface area (Å²) < 4.78 is 31.5. The second-order valence-corrected chi connectivity index (χ2v) is 10.1. The van der Waals surface area contributed by atoms with Gasteiger partial charge < -0.3 is 15.0 Å². The number of hydrogen-bond donors (Lipinski definition) is 1. The Labute approximate surface area is 202 Å². The second kappa shape index (κ2) is 12.4. The lowest BCUT2D eigenvalue weighted by Crippen LogP contribution is -2.46. The fourth-order valence-corrected chi connectivity index (χ4v) is 4.64. The number of nitrogens with zero attached hydrogens (tertiary/aromatic N) is 2. The van der Waals surface area contributed by atoms with Crippen molar-refractivity contribution in [3.05, 3.63) is 59.7 Å². The second-order valence-electron chi connectivity index (χ2n) is 8.17. The summed E-state index contributed by atoms with van der Waals surface area (Å²) in [5, 5.41) is 2.60. The van der Waals surface area contributed by atoms with Crippen molar-refractivity contribution in [1.29, 1.82) is 0 Å². The number of sulfonamides is 1. The first kappa shape index (κ1) is 27.2. The van der Waals surface area contributed by atoms with Crippen molar-refractivity contribution < 1.29 is 22.7 Å². The largest absolute Gasteiger partial charge is 0.494 e. The summed E-state index contributed by atoms with van der Waals surface area (Å²) >= 11 is 0. The third-order valence-corrected chi connectivity index (χ3v) is 6.63. The highest BCUT2D eigenvalue weighted by Gasteiger charge is 2.26. The van der Waals surface area contributed by atoms with E-state index in [1.807, 2.05) is 38.1 Å². The molecule has 2 aromatic carbocycles. The molecular weight excluding hydrogens is 454 g/mol. The molecule has 0 bridgehead atoms. The molecule has 1 unspecified atom stereocenters. The van der Waals surface area contributed by atoms with E-state index in [9.17, 15) is 18.0 Å². The van der Waals surface area contributed by atoms with Gasteiger partial charge in [0.2, 0.25) is 21.8 Å². The molecule has 2 aromatic rings. The summed E-state index contributed by atoms with van der Waals surface area (Å²) in [7, 11) is -2.01. The molecule has 0 fully saturated rings. The van der Waals surface area contributed by atoms with Crippen LogP contribution in [0.3, 0.4) is 0 Å². The molecule has 0 aliphatic rings. The smallest absolute Gasteiger partial charge is 0.242 e. The van der Waals surface area contributed by atoms with Crippen LogP contribution in [0.2, 0.25) is 0 Å². The third-order valence-electron chi connectivity index (χ3n) is 5.44. The van der Waals surface area contributed by atoms with Crippen LogP contribution in [0.5, 0.6) is 5.75 Å². The summed E-state index contributed by atoms with van der Waals surface area (Å²) in [6.45, 7) is 6.49. The number of benzene rings is 2. The van der Waals surface area contributed by atoms with Crippen LogP contribution in [0.25, 0.3) is 0 Å². The van der Waals surface area contributed by atoms with Crippen molar-refractivity contribution in [3.63, 3.8) is 0 Å². The molecule has 186 valence electrons. The van der Waals surface area contributed by atoms with Gasteiger partial charge in [0, 0.05) is 26.6 Å². The molecule has 0 saturated heterocycles. The predicted molar refractivity (Wildman–Crippen MR) is 134 cm³/mol. The van der Waals surface area contributed by atoms with E-state index in [1.54, 1.807) is 31.2 Å². The number of ether oxygens (including phenoxy) is 1. The van der Waals surface area contributed by atoms with Gasteiger partial charge in [-0.2, -0.15) is 0 Å². The Balaban J connectivity index is 2.13. The topological polar surface area (TPSA) is 96.0 Å². The van der Waals surface area contributed by atoms with Gasteiger partial charge in [0.25, 0.3) is 0 Å². The number of anilines is 1. The first-order valence-electron chi connectivity index (χ1n) is 11.3. The van der Waals surface area contributed by atoms with E-state index >= 15 is 0 Å². The van der Waals surface area contributed by atoms with Crippen LogP contribution >= 0.6 is 0 Å². The zero-order valence-corrected chi connectivity index (χ0v) is 21.4. The van der Waals surface area contributed by atoms with Crippen molar-refractivity contribution in [1.82, 2.24) is 10.2 Å². The molecule has 0 aliphatic carbocycles. The van der Waals surface area contributed by atoms with Gasteiger partial charge in [-0.1, -0.05) is 29.8 Å².